The van der Waals surface area contributed by atoms with Gasteiger partial charge in [-0.1, -0.05) is 13.8 Å². The van der Waals surface area contributed by atoms with Crippen molar-refractivity contribution in [1.82, 2.24) is 10.6 Å². The first kappa shape index (κ1) is 9.52. The maximum absolute atomic E-state index is 11.0. The summed E-state index contributed by atoms with van der Waals surface area (Å²) >= 11 is 0. The molecule has 0 bridgehead atoms. The molecule has 70 valence electrons. The molecule has 1 aliphatic rings. The lowest BCUT2D eigenvalue weighted by Gasteiger charge is -2.22. The minimum absolute atomic E-state index is 0.156. The zero-order valence-electron chi connectivity index (χ0n) is 7.94. The Morgan fingerprint density at radius 2 is 2.42 bits per heavy atom. The van der Waals surface area contributed by atoms with E-state index in [4.69, 9.17) is 0 Å². The van der Waals surface area contributed by atoms with Gasteiger partial charge in [-0.05, 0) is 18.4 Å². The van der Waals surface area contributed by atoms with Crippen molar-refractivity contribution in [2.75, 3.05) is 19.6 Å². The van der Waals surface area contributed by atoms with E-state index < -0.39 is 0 Å². The molecule has 0 aliphatic carbocycles. The Hall–Kier alpha value is -0.570. The highest BCUT2D eigenvalue weighted by Crippen LogP contribution is 2.22. The first-order valence-corrected chi connectivity index (χ1v) is 4.64. The molecule has 0 saturated carbocycles. The molecule has 0 unspecified atom stereocenters. The SMILES string of the molecule is CCC(=O)NC[C@]1(C)CCNC1. The van der Waals surface area contributed by atoms with Crippen molar-refractivity contribution in [3.05, 3.63) is 0 Å². The predicted molar refractivity (Wildman–Crippen MR) is 48.9 cm³/mol. The van der Waals surface area contributed by atoms with Crippen LogP contribution in [0.5, 0.6) is 0 Å². The van der Waals surface area contributed by atoms with Gasteiger partial charge in [-0.3, -0.25) is 4.79 Å². The molecule has 0 spiro atoms. The lowest BCUT2D eigenvalue weighted by molar-refractivity contribution is -0.121. The third-order valence-corrected chi connectivity index (χ3v) is 2.49. The maximum atomic E-state index is 11.0. The molecule has 3 heteroatoms. The number of hydrogen-bond donors (Lipinski definition) is 2. The van der Waals surface area contributed by atoms with E-state index in [-0.39, 0.29) is 11.3 Å². The van der Waals surface area contributed by atoms with Gasteiger partial charge < -0.3 is 10.6 Å². The Bertz CT molecular complexity index is 162. The topological polar surface area (TPSA) is 41.1 Å². The van der Waals surface area contributed by atoms with Gasteiger partial charge in [0, 0.05) is 19.5 Å². The number of hydrogen-bond acceptors (Lipinski definition) is 2. The highest BCUT2D eigenvalue weighted by atomic mass is 16.1. The molecule has 1 aliphatic heterocycles. The third-order valence-electron chi connectivity index (χ3n) is 2.49. The van der Waals surface area contributed by atoms with E-state index in [0.717, 1.165) is 26.1 Å². The first-order valence-electron chi connectivity index (χ1n) is 4.64. The molecule has 1 atom stereocenters. The van der Waals surface area contributed by atoms with Crippen molar-refractivity contribution < 1.29 is 4.79 Å². The summed E-state index contributed by atoms with van der Waals surface area (Å²) in [6.07, 6.45) is 1.75. The number of carbonyl (C=O) groups is 1. The van der Waals surface area contributed by atoms with Crippen LogP contribution < -0.4 is 10.6 Å². The third kappa shape index (κ3) is 2.48. The Labute approximate surface area is 73.9 Å². The van der Waals surface area contributed by atoms with E-state index in [1.807, 2.05) is 6.92 Å². The van der Waals surface area contributed by atoms with Crippen LogP contribution in [0.15, 0.2) is 0 Å². The van der Waals surface area contributed by atoms with Crippen molar-refractivity contribution in [2.45, 2.75) is 26.7 Å². The first-order chi connectivity index (χ1) is 5.66. The van der Waals surface area contributed by atoms with E-state index in [1.165, 1.54) is 0 Å². The van der Waals surface area contributed by atoms with Crippen LogP contribution in [0.1, 0.15) is 26.7 Å². The fourth-order valence-corrected chi connectivity index (χ4v) is 1.46. The van der Waals surface area contributed by atoms with Gasteiger partial charge in [-0.15, -0.1) is 0 Å². The van der Waals surface area contributed by atoms with Gasteiger partial charge in [0.25, 0.3) is 0 Å². The molecule has 2 N–H and O–H groups in total. The van der Waals surface area contributed by atoms with Crippen molar-refractivity contribution in [3.8, 4) is 0 Å². The van der Waals surface area contributed by atoms with E-state index in [1.54, 1.807) is 0 Å². The van der Waals surface area contributed by atoms with Crippen molar-refractivity contribution in [2.24, 2.45) is 5.41 Å². The van der Waals surface area contributed by atoms with Crippen LogP contribution >= 0.6 is 0 Å². The second kappa shape index (κ2) is 3.90. The smallest absolute Gasteiger partial charge is 0.219 e. The van der Waals surface area contributed by atoms with Crippen LogP contribution in [0.25, 0.3) is 0 Å². The summed E-state index contributed by atoms with van der Waals surface area (Å²) < 4.78 is 0. The summed E-state index contributed by atoms with van der Waals surface area (Å²) in [5.41, 5.74) is 0.283. The van der Waals surface area contributed by atoms with Crippen molar-refractivity contribution >= 4 is 5.91 Å². The van der Waals surface area contributed by atoms with Gasteiger partial charge in [0.1, 0.15) is 0 Å². The molecule has 1 heterocycles. The van der Waals surface area contributed by atoms with Crippen LogP contribution in [0.3, 0.4) is 0 Å². The average Bonchev–Trinajstić information content (AvgIpc) is 2.49. The maximum Gasteiger partial charge on any atom is 0.219 e. The lowest BCUT2D eigenvalue weighted by Crippen LogP contribution is -2.36. The van der Waals surface area contributed by atoms with Crippen molar-refractivity contribution in [3.63, 3.8) is 0 Å². The van der Waals surface area contributed by atoms with Crippen molar-refractivity contribution in [1.29, 1.82) is 0 Å². The molecular weight excluding hydrogens is 152 g/mol. The second-order valence-corrected chi connectivity index (χ2v) is 3.87. The minimum atomic E-state index is 0.156. The summed E-state index contributed by atoms with van der Waals surface area (Å²) in [5, 5.41) is 6.24. The van der Waals surface area contributed by atoms with Gasteiger partial charge >= 0.3 is 0 Å². The van der Waals surface area contributed by atoms with E-state index in [2.05, 4.69) is 17.6 Å². The number of rotatable bonds is 3. The number of carbonyl (C=O) groups excluding carboxylic acids is 1. The molecular formula is C9H18N2O. The van der Waals surface area contributed by atoms with E-state index >= 15 is 0 Å². The van der Waals surface area contributed by atoms with E-state index in [0.29, 0.717) is 6.42 Å². The number of nitrogens with one attached hydrogen (secondary N) is 2. The average molecular weight is 170 g/mol. The monoisotopic (exact) mass is 170 g/mol. The van der Waals surface area contributed by atoms with Gasteiger partial charge in [0.15, 0.2) is 0 Å². The molecule has 1 fully saturated rings. The van der Waals surface area contributed by atoms with Crippen LogP contribution in [0, 0.1) is 5.41 Å². The Morgan fingerprint density at radius 1 is 1.67 bits per heavy atom. The van der Waals surface area contributed by atoms with E-state index in [9.17, 15) is 4.79 Å². The fraction of sp³-hybridized carbons (Fsp3) is 0.889. The van der Waals surface area contributed by atoms with Gasteiger partial charge in [0.2, 0.25) is 5.91 Å². The molecule has 0 aromatic carbocycles. The largest absolute Gasteiger partial charge is 0.356 e. The zero-order valence-corrected chi connectivity index (χ0v) is 7.94. The lowest BCUT2D eigenvalue weighted by atomic mass is 9.90. The summed E-state index contributed by atoms with van der Waals surface area (Å²) in [4.78, 5) is 11.0. The summed E-state index contributed by atoms with van der Waals surface area (Å²) in [7, 11) is 0. The molecule has 1 rings (SSSR count). The fourth-order valence-electron chi connectivity index (χ4n) is 1.46. The van der Waals surface area contributed by atoms with Gasteiger partial charge in [-0.25, -0.2) is 0 Å². The molecule has 12 heavy (non-hydrogen) atoms. The second-order valence-electron chi connectivity index (χ2n) is 3.87. The van der Waals surface area contributed by atoms with Crippen LogP contribution in [-0.2, 0) is 4.79 Å². The Morgan fingerprint density at radius 3 is 2.92 bits per heavy atom. The normalized spacial score (nSPS) is 28.8. The Balaban J connectivity index is 2.25. The highest BCUT2D eigenvalue weighted by molar-refractivity contribution is 5.75. The molecule has 3 nitrogen and oxygen atoms in total. The van der Waals surface area contributed by atoms with Crippen LogP contribution in [0.2, 0.25) is 0 Å². The van der Waals surface area contributed by atoms with Gasteiger partial charge in [0.05, 0.1) is 0 Å². The van der Waals surface area contributed by atoms with Crippen LogP contribution in [-0.4, -0.2) is 25.5 Å². The quantitative estimate of drug-likeness (QED) is 0.648. The predicted octanol–water partition coefficient (Wildman–Crippen LogP) is 0.512. The standard InChI is InChI=1S/C9H18N2O/c1-3-8(12)11-7-9(2)4-5-10-6-9/h10H,3-7H2,1-2H3,(H,11,12)/t9-/m1/s1. The molecule has 1 amide bonds. The summed E-state index contributed by atoms with van der Waals surface area (Å²) in [6.45, 7) is 7.01. The molecule has 0 aromatic heterocycles. The Kier molecular flexibility index (Phi) is 3.09. The minimum Gasteiger partial charge on any atom is -0.356 e. The zero-order chi connectivity index (χ0) is 9.03. The van der Waals surface area contributed by atoms with Gasteiger partial charge in [-0.2, -0.15) is 0 Å². The summed E-state index contributed by atoms with van der Waals surface area (Å²) in [5.74, 6) is 0.156. The highest BCUT2D eigenvalue weighted by Gasteiger charge is 2.28. The summed E-state index contributed by atoms with van der Waals surface area (Å²) in [6, 6.07) is 0. The number of amides is 1. The molecule has 1 saturated heterocycles. The molecule has 0 aromatic rings. The van der Waals surface area contributed by atoms with Crippen LogP contribution in [0.4, 0.5) is 0 Å². The molecule has 0 radical (unpaired) electrons.